The van der Waals surface area contributed by atoms with Crippen LogP contribution in [-0.4, -0.2) is 4.57 Å². The third-order valence-electron chi connectivity index (χ3n) is 12.7. The van der Waals surface area contributed by atoms with Gasteiger partial charge in [-0.25, -0.2) is 0 Å². The molecule has 0 spiro atoms. The molecule has 0 unspecified atom stereocenters. The molecule has 65 heavy (non-hydrogen) atoms. The quantitative estimate of drug-likeness (QED) is 0.144. The van der Waals surface area contributed by atoms with Gasteiger partial charge < -0.3 is 14.4 Å². The van der Waals surface area contributed by atoms with E-state index in [4.69, 9.17) is 0 Å². The normalized spacial score (nSPS) is 11.4. The van der Waals surface area contributed by atoms with Crippen molar-refractivity contribution in [3.8, 4) is 27.9 Å². The Kier molecular flexibility index (Phi) is 9.50. The smallest absolute Gasteiger partial charge is 0.0548 e. The van der Waals surface area contributed by atoms with Gasteiger partial charge in [0.25, 0.3) is 0 Å². The molecule has 306 valence electrons. The third kappa shape index (κ3) is 6.70. The van der Waals surface area contributed by atoms with E-state index in [2.05, 4.69) is 275 Å². The highest BCUT2D eigenvalue weighted by molar-refractivity contribution is 6.32. The molecule has 12 aromatic rings. The largest absolute Gasteiger partial charge is 0.310 e. The summed E-state index contributed by atoms with van der Waals surface area (Å²) in [5, 5.41) is 7.20. The minimum atomic E-state index is 1.09. The lowest BCUT2D eigenvalue weighted by molar-refractivity contribution is 1.18. The minimum absolute atomic E-state index is 1.09. The molecule has 0 atom stereocenters. The van der Waals surface area contributed by atoms with Crippen LogP contribution in [0, 0.1) is 0 Å². The average molecular weight is 830 g/mol. The molecule has 0 fully saturated rings. The van der Waals surface area contributed by atoms with E-state index in [-0.39, 0.29) is 0 Å². The molecule has 0 aliphatic heterocycles. The Bertz CT molecular complexity index is 3600. The first kappa shape index (κ1) is 38.0. The zero-order chi connectivity index (χ0) is 43.1. The first-order valence-corrected chi connectivity index (χ1v) is 22.3. The fraction of sp³-hybridized carbons (Fsp3) is 0. The van der Waals surface area contributed by atoms with Gasteiger partial charge in [0.2, 0.25) is 0 Å². The number of rotatable bonds is 9. The van der Waals surface area contributed by atoms with Crippen LogP contribution < -0.4 is 9.80 Å². The van der Waals surface area contributed by atoms with Crippen molar-refractivity contribution in [3.63, 3.8) is 0 Å². The molecule has 0 aliphatic rings. The lowest BCUT2D eigenvalue weighted by Crippen LogP contribution is -2.10. The van der Waals surface area contributed by atoms with Crippen LogP contribution in [0.2, 0.25) is 0 Å². The van der Waals surface area contributed by atoms with Crippen molar-refractivity contribution in [3.05, 3.63) is 261 Å². The van der Waals surface area contributed by atoms with Crippen LogP contribution in [0.1, 0.15) is 0 Å². The van der Waals surface area contributed by atoms with E-state index in [1.54, 1.807) is 0 Å². The van der Waals surface area contributed by atoms with E-state index in [0.717, 1.165) is 50.8 Å². The molecule has 12 rings (SSSR count). The molecule has 3 nitrogen and oxygen atoms in total. The average Bonchev–Trinajstić information content (AvgIpc) is 3.74. The summed E-state index contributed by atoms with van der Waals surface area (Å²) in [7, 11) is 0. The number of nitrogens with zero attached hydrogens (tertiary/aromatic N) is 3. The van der Waals surface area contributed by atoms with Crippen molar-refractivity contribution in [2.75, 3.05) is 9.80 Å². The molecule has 0 amide bonds. The molecule has 1 aromatic heterocycles. The molecule has 0 aliphatic carbocycles. The van der Waals surface area contributed by atoms with Gasteiger partial charge in [-0.2, -0.15) is 0 Å². The Morgan fingerprint density at radius 2 is 0.677 bits per heavy atom. The number of benzene rings is 11. The fourth-order valence-electron chi connectivity index (χ4n) is 9.81. The molecule has 0 radical (unpaired) electrons. The van der Waals surface area contributed by atoms with E-state index in [1.807, 2.05) is 0 Å². The molecule has 1 heterocycles. The SMILES string of the molecule is c1ccc(-c2ccc(N(c3ccccc3)c3cccc4c3ccc3c4c4c5c(N(c6ccccc6)c6ccc(-c7ccccc7)cc6)cccc5ccc4n3-c3ccccc3)cc2)cc1. The summed E-state index contributed by atoms with van der Waals surface area (Å²) in [5.74, 6) is 0. The van der Waals surface area contributed by atoms with E-state index in [9.17, 15) is 0 Å². The molecule has 3 heteroatoms. The van der Waals surface area contributed by atoms with Crippen molar-refractivity contribution < 1.29 is 0 Å². The van der Waals surface area contributed by atoms with Gasteiger partial charge in [0.1, 0.15) is 0 Å². The van der Waals surface area contributed by atoms with Crippen molar-refractivity contribution in [2.45, 2.75) is 0 Å². The topological polar surface area (TPSA) is 11.4 Å². The minimum Gasteiger partial charge on any atom is -0.310 e. The Morgan fingerprint density at radius 3 is 1.25 bits per heavy atom. The van der Waals surface area contributed by atoms with Crippen LogP contribution in [0.3, 0.4) is 0 Å². The molecular formula is C62H43N3. The second kappa shape index (κ2) is 16.2. The predicted molar refractivity (Wildman–Crippen MR) is 276 cm³/mol. The van der Waals surface area contributed by atoms with E-state index < -0.39 is 0 Å². The second-order valence-corrected chi connectivity index (χ2v) is 16.5. The highest BCUT2D eigenvalue weighted by Gasteiger charge is 2.24. The Hall–Kier alpha value is -8.66. The van der Waals surface area contributed by atoms with Crippen LogP contribution in [-0.2, 0) is 0 Å². The molecule has 0 bridgehead atoms. The number of hydrogen-bond donors (Lipinski definition) is 0. The number of aromatic nitrogens is 1. The highest BCUT2D eigenvalue weighted by atomic mass is 15.1. The van der Waals surface area contributed by atoms with Gasteiger partial charge in [0.15, 0.2) is 0 Å². The van der Waals surface area contributed by atoms with Crippen LogP contribution in [0.5, 0.6) is 0 Å². The Morgan fingerprint density at radius 1 is 0.246 bits per heavy atom. The lowest BCUT2D eigenvalue weighted by atomic mass is 9.96. The molecular weight excluding hydrogens is 787 g/mol. The second-order valence-electron chi connectivity index (χ2n) is 16.5. The van der Waals surface area contributed by atoms with Gasteiger partial charge in [-0.15, -0.1) is 0 Å². The molecule has 11 aromatic carbocycles. The maximum Gasteiger partial charge on any atom is 0.0548 e. The van der Waals surface area contributed by atoms with Crippen molar-refractivity contribution in [1.82, 2.24) is 4.57 Å². The number of anilines is 6. The van der Waals surface area contributed by atoms with Crippen molar-refractivity contribution >= 4 is 77.5 Å². The van der Waals surface area contributed by atoms with E-state index in [1.165, 1.54) is 54.6 Å². The van der Waals surface area contributed by atoms with Crippen LogP contribution >= 0.6 is 0 Å². The van der Waals surface area contributed by atoms with Gasteiger partial charge >= 0.3 is 0 Å². The number of fused-ring (bicyclic) bond motifs is 7. The maximum absolute atomic E-state index is 2.45. The van der Waals surface area contributed by atoms with Gasteiger partial charge in [-0.05, 0) is 118 Å². The van der Waals surface area contributed by atoms with Gasteiger partial charge in [-0.3, -0.25) is 0 Å². The summed E-state index contributed by atoms with van der Waals surface area (Å²) >= 11 is 0. The summed E-state index contributed by atoms with van der Waals surface area (Å²) in [6, 6.07) is 94.3. The summed E-state index contributed by atoms with van der Waals surface area (Å²) in [5.41, 5.74) is 14.9. The van der Waals surface area contributed by atoms with Gasteiger partial charge in [0, 0.05) is 50.0 Å². The summed E-state index contributed by atoms with van der Waals surface area (Å²) in [6.45, 7) is 0. The Labute approximate surface area is 378 Å². The number of para-hydroxylation sites is 3. The van der Waals surface area contributed by atoms with Crippen molar-refractivity contribution in [2.24, 2.45) is 0 Å². The highest BCUT2D eigenvalue weighted by Crippen LogP contribution is 2.48. The third-order valence-corrected chi connectivity index (χ3v) is 12.7. The standard InChI is InChI=1S/C62H43N3/c1-6-18-44(19-7-1)46-32-37-52(38-33-46)63(49-23-10-3-11-24-49)56-30-17-29-55-54(56)41-43-58-61(55)62-59(65(58)51-27-14-5-15-28-51)42-36-48-22-16-31-57(60(48)62)64(50-25-12-4-13-26-50)53-39-34-47(35-40-53)45-20-8-2-9-21-45/h1-43H. The van der Waals surface area contributed by atoms with E-state index >= 15 is 0 Å². The number of hydrogen-bond acceptors (Lipinski definition) is 2. The molecule has 0 saturated carbocycles. The van der Waals surface area contributed by atoms with Crippen LogP contribution in [0.15, 0.2) is 261 Å². The summed E-state index contributed by atoms with van der Waals surface area (Å²) < 4.78 is 2.45. The van der Waals surface area contributed by atoms with Gasteiger partial charge in [-0.1, -0.05) is 176 Å². The predicted octanol–water partition coefficient (Wildman–Crippen LogP) is 17.4. The van der Waals surface area contributed by atoms with E-state index in [0.29, 0.717) is 0 Å². The van der Waals surface area contributed by atoms with Gasteiger partial charge in [0.05, 0.1) is 22.4 Å². The van der Waals surface area contributed by atoms with Crippen LogP contribution in [0.4, 0.5) is 34.1 Å². The first-order chi connectivity index (χ1) is 32.3. The Balaban J connectivity index is 1.14. The first-order valence-electron chi connectivity index (χ1n) is 22.3. The molecule has 0 N–H and O–H groups in total. The zero-order valence-electron chi connectivity index (χ0n) is 35.7. The van der Waals surface area contributed by atoms with Crippen molar-refractivity contribution in [1.29, 1.82) is 0 Å². The molecule has 0 saturated heterocycles. The lowest BCUT2D eigenvalue weighted by Gasteiger charge is -2.28. The monoisotopic (exact) mass is 829 g/mol. The maximum atomic E-state index is 2.45. The zero-order valence-corrected chi connectivity index (χ0v) is 35.7. The summed E-state index contributed by atoms with van der Waals surface area (Å²) in [4.78, 5) is 4.83. The summed E-state index contributed by atoms with van der Waals surface area (Å²) in [6.07, 6.45) is 0. The van der Waals surface area contributed by atoms with Crippen LogP contribution in [0.25, 0.3) is 71.3 Å². The fourth-order valence-corrected chi connectivity index (χ4v) is 9.81.